The van der Waals surface area contributed by atoms with Gasteiger partial charge in [0.05, 0.1) is 21.6 Å². The standard InChI is InChI=1S/C26H27N5OS/c1-4-25(32)29-21-7-5-6-20(14-21)28-23-16-27-17-24-22(23)15-26(33-24)30-19-10-8-18(9-11-19)12-13-31(2)3/h4-11,14-17,28,30H,1,12-13H2,2-3H3,(H,29,32). The smallest absolute Gasteiger partial charge is 0.247 e. The summed E-state index contributed by atoms with van der Waals surface area (Å²) >= 11 is 1.66. The highest BCUT2D eigenvalue weighted by Gasteiger charge is 2.09. The molecule has 33 heavy (non-hydrogen) atoms. The first-order valence-corrected chi connectivity index (χ1v) is 11.5. The number of carbonyl (C=O) groups excluding carboxylic acids is 1. The average molecular weight is 458 g/mol. The van der Waals surface area contributed by atoms with Gasteiger partial charge in [0.1, 0.15) is 0 Å². The summed E-state index contributed by atoms with van der Waals surface area (Å²) in [5.41, 5.74) is 4.85. The fourth-order valence-electron chi connectivity index (χ4n) is 3.39. The Hall–Kier alpha value is -3.68. The third-order valence-electron chi connectivity index (χ3n) is 5.11. The Kier molecular flexibility index (Phi) is 7.02. The van der Waals surface area contributed by atoms with Crippen molar-refractivity contribution in [3.05, 3.63) is 85.2 Å². The normalized spacial score (nSPS) is 10.9. The van der Waals surface area contributed by atoms with E-state index in [0.717, 1.165) is 45.1 Å². The van der Waals surface area contributed by atoms with E-state index in [4.69, 9.17) is 0 Å². The molecule has 0 fully saturated rings. The lowest BCUT2D eigenvalue weighted by Gasteiger charge is -2.10. The second kappa shape index (κ2) is 10.3. The number of benzene rings is 2. The Bertz CT molecular complexity index is 1260. The van der Waals surface area contributed by atoms with Gasteiger partial charge in [-0.15, -0.1) is 11.3 Å². The lowest BCUT2D eigenvalue weighted by molar-refractivity contribution is -0.111. The first kappa shape index (κ1) is 22.5. The molecule has 7 heteroatoms. The van der Waals surface area contributed by atoms with Crippen LogP contribution in [0.25, 0.3) is 10.1 Å². The second-order valence-electron chi connectivity index (χ2n) is 7.98. The number of thiophene rings is 1. The molecule has 3 N–H and O–H groups in total. The predicted molar refractivity (Wildman–Crippen MR) is 140 cm³/mol. The maximum Gasteiger partial charge on any atom is 0.247 e. The van der Waals surface area contributed by atoms with Crippen LogP contribution in [0.15, 0.2) is 79.6 Å². The first-order chi connectivity index (χ1) is 16.0. The average Bonchev–Trinajstić information content (AvgIpc) is 3.22. The second-order valence-corrected chi connectivity index (χ2v) is 9.07. The maximum atomic E-state index is 11.6. The van der Waals surface area contributed by atoms with Gasteiger partial charge in [0.15, 0.2) is 0 Å². The summed E-state index contributed by atoms with van der Waals surface area (Å²) in [5, 5.41) is 11.8. The number of anilines is 5. The molecule has 4 rings (SSSR count). The fourth-order valence-corrected chi connectivity index (χ4v) is 4.37. The number of nitrogens with one attached hydrogen (secondary N) is 3. The Morgan fingerprint density at radius 2 is 1.82 bits per heavy atom. The molecule has 0 saturated carbocycles. The van der Waals surface area contributed by atoms with E-state index in [2.05, 4.69) is 76.8 Å². The van der Waals surface area contributed by atoms with Crippen molar-refractivity contribution in [1.82, 2.24) is 9.88 Å². The van der Waals surface area contributed by atoms with Gasteiger partial charge in [-0.25, -0.2) is 0 Å². The number of aromatic nitrogens is 1. The maximum absolute atomic E-state index is 11.6. The lowest BCUT2D eigenvalue weighted by Crippen LogP contribution is -2.14. The van der Waals surface area contributed by atoms with Crippen LogP contribution in [0.3, 0.4) is 0 Å². The van der Waals surface area contributed by atoms with Crippen LogP contribution in [0.1, 0.15) is 5.56 Å². The van der Waals surface area contributed by atoms with E-state index in [9.17, 15) is 4.79 Å². The molecule has 0 aliphatic rings. The Balaban J connectivity index is 1.50. The van der Waals surface area contributed by atoms with Gasteiger partial charge in [0, 0.05) is 35.2 Å². The number of carbonyl (C=O) groups is 1. The van der Waals surface area contributed by atoms with Gasteiger partial charge in [0.2, 0.25) is 5.91 Å². The van der Waals surface area contributed by atoms with Crippen LogP contribution in [-0.2, 0) is 11.2 Å². The summed E-state index contributed by atoms with van der Waals surface area (Å²) in [4.78, 5) is 18.2. The number of nitrogens with zero attached hydrogens (tertiary/aromatic N) is 2. The van der Waals surface area contributed by atoms with Crippen molar-refractivity contribution in [1.29, 1.82) is 0 Å². The van der Waals surface area contributed by atoms with Crippen LogP contribution in [0.2, 0.25) is 0 Å². The highest BCUT2D eigenvalue weighted by Crippen LogP contribution is 2.36. The molecule has 6 nitrogen and oxygen atoms in total. The van der Waals surface area contributed by atoms with Crippen molar-refractivity contribution in [2.75, 3.05) is 36.6 Å². The third kappa shape index (κ3) is 5.97. The summed E-state index contributed by atoms with van der Waals surface area (Å²) in [6.07, 6.45) is 5.98. The molecule has 0 spiro atoms. The van der Waals surface area contributed by atoms with E-state index < -0.39 is 0 Å². The summed E-state index contributed by atoms with van der Waals surface area (Å²) < 4.78 is 1.08. The van der Waals surface area contributed by atoms with Crippen LogP contribution in [-0.4, -0.2) is 36.4 Å². The molecule has 0 atom stereocenters. The van der Waals surface area contributed by atoms with Crippen LogP contribution in [0.5, 0.6) is 0 Å². The van der Waals surface area contributed by atoms with Gasteiger partial charge in [-0.3, -0.25) is 9.78 Å². The molecule has 0 aliphatic carbocycles. The van der Waals surface area contributed by atoms with Crippen molar-refractivity contribution in [3.8, 4) is 0 Å². The highest BCUT2D eigenvalue weighted by molar-refractivity contribution is 7.22. The molecular weight excluding hydrogens is 430 g/mol. The SMILES string of the molecule is C=CC(=O)Nc1cccc(Nc2cncc3sc(Nc4ccc(CCN(C)C)cc4)cc23)c1. The largest absolute Gasteiger partial charge is 0.354 e. The fraction of sp³-hybridized carbons (Fsp3) is 0.154. The zero-order chi connectivity index (χ0) is 23.2. The number of pyridine rings is 1. The number of hydrogen-bond donors (Lipinski definition) is 3. The number of amides is 1. The lowest BCUT2D eigenvalue weighted by atomic mass is 10.1. The van der Waals surface area contributed by atoms with Crippen molar-refractivity contribution >= 4 is 55.1 Å². The quantitative estimate of drug-likeness (QED) is 0.269. The molecule has 2 aromatic carbocycles. The molecule has 0 saturated heterocycles. The molecule has 168 valence electrons. The Labute approximate surface area is 198 Å². The van der Waals surface area contributed by atoms with E-state index >= 15 is 0 Å². The minimum Gasteiger partial charge on any atom is -0.354 e. The molecule has 0 radical (unpaired) electrons. The van der Waals surface area contributed by atoms with Gasteiger partial charge in [-0.05, 0) is 68.6 Å². The van der Waals surface area contributed by atoms with Gasteiger partial charge >= 0.3 is 0 Å². The van der Waals surface area contributed by atoms with Crippen molar-refractivity contribution in [2.24, 2.45) is 0 Å². The first-order valence-electron chi connectivity index (χ1n) is 10.7. The Morgan fingerprint density at radius 3 is 2.58 bits per heavy atom. The van der Waals surface area contributed by atoms with Crippen LogP contribution in [0, 0.1) is 0 Å². The van der Waals surface area contributed by atoms with E-state index in [1.54, 1.807) is 11.3 Å². The van der Waals surface area contributed by atoms with E-state index in [1.165, 1.54) is 11.6 Å². The predicted octanol–water partition coefficient (Wildman–Crippen LogP) is 6.01. The third-order valence-corrected chi connectivity index (χ3v) is 6.10. The van der Waals surface area contributed by atoms with E-state index in [1.807, 2.05) is 36.7 Å². The monoisotopic (exact) mass is 457 g/mol. The number of hydrogen-bond acceptors (Lipinski definition) is 6. The molecule has 0 unspecified atom stereocenters. The molecule has 0 aliphatic heterocycles. The van der Waals surface area contributed by atoms with Crippen molar-refractivity contribution in [2.45, 2.75) is 6.42 Å². The molecule has 2 aromatic heterocycles. The van der Waals surface area contributed by atoms with Crippen molar-refractivity contribution in [3.63, 3.8) is 0 Å². The van der Waals surface area contributed by atoms with Gasteiger partial charge < -0.3 is 20.9 Å². The minimum absolute atomic E-state index is 0.241. The molecule has 1 amide bonds. The molecule has 2 heterocycles. The topological polar surface area (TPSA) is 69.3 Å². The van der Waals surface area contributed by atoms with Crippen molar-refractivity contribution < 1.29 is 4.79 Å². The van der Waals surface area contributed by atoms with Crippen LogP contribution < -0.4 is 16.0 Å². The number of fused-ring (bicyclic) bond motifs is 1. The molecule has 4 aromatic rings. The van der Waals surface area contributed by atoms with Gasteiger partial charge in [-0.1, -0.05) is 24.8 Å². The Morgan fingerprint density at radius 1 is 1.03 bits per heavy atom. The van der Waals surface area contributed by atoms with Crippen LogP contribution in [0.4, 0.5) is 27.8 Å². The summed E-state index contributed by atoms with van der Waals surface area (Å²) in [5.74, 6) is -0.241. The highest BCUT2D eigenvalue weighted by atomic mass is 32.1. The zero-order valence-corrected chi connectivity index (χ0v) is 19.6. The molecular formula is C26H27N5OS. The minimum atomic E-state index is -0.241. The summed E-state index contributed by atoms with van der Waals surface area (Å²) in [6.45, 7) is 4.53. The van der Waals surface area contributed by atoms with E-state index in [0.29, 0.717) is 5.69 Å². The summed E-state index contributed by atoms with van der Waals surface area (Å²) in [7, 11) is 4.18. The van der Waals surface area contributed by atoms with Crippen LogP contribution >= 0.6 is 11.3 Å². The number of likely N-dealkylation sites (N-methyl/N-ethyl adjacent to an activating group) is 1. The van der Waals surface area contributed by atoms with Gasteiger partial charge in [-0.2, -0.15) is 0 Å². The van der Waals surface area contributed by atoms with E-state index in [-0.39, 0.29) is 5.91 Å². The summed E-state index contributed by atoms with van der Waals surface area (Å²) in [6, 6.07) is 18.3. The molecule has 0 bridgehead atoms. The number of rotatable bonds is 9. The van der Waals surface area contributed by atoms with Gasteiger partial charge in [0.25, 0.3) is 0 Å². The zero-order valence-electron chi connectivity index (χ0n) is 18.8.